The average molecular weight is 143 g/mol. The van der Waals surface area contributed by atoms with Gasteiger partial charge in [-0.05, 0) is 35.0 Å². The highest BCUT2D eigenvalue weighted by molar-refractivity contribution is 5.83. The summed E-state index contributed by atoms with van der Waals surface area (Å²) in [4.78, 5) is 0. The summed E-state index contributed by atoms with van der Waals surface area (Å²) < 4.78 is 0. The molecule has 0 aliphatic heterocycles. The fourth-order valence-electron chi connectivity index (χ4n) is 1.11. The van der Waals surface area contributed by atoms with Crippen LogP contribution in [0.3, 0.4) is 0 Å². The van der Waals surface area contributed by atoms with Crippen molar-refractivity contribution in [3.8, 4) is 5.75 Å². The van der Waals surface area contributed by atoms with Crippen molar-refractivity contribution >= 4 is 10.8 Å². The predicted molar refractivity (Wildman–Crippen MR) is 44.4 cm³/mol. The Morgan fingerprint density at radius 2 is 2.00 bits per heavy atom. The Morgan fingerprint density at radius 1 is 1.09 bits per heavy atom. The van der Waals surface area contributed by atoms with E-state index in [0.717, 1.165) is 10.8 Å². The third-order valence-corrected chi connectivity index (χ3v) is 1.67. The molecular weight excluding hydrogens is 136 g/mol. The quantitative estimate of drug-likeness (QED) is 0.600. The lowest BCUT2D eigenvalue weighted by Gasteiger charge is -1.95. The fraction of sp³-hybridized carbons (Fsp3) is 0. The van der Waals surface area contributed by atoms with E-state index in [4.69, 9.17) is 5.11 Å². The van der Waals surface area contributed by atoms with Crippen molar-refractivity contribution in [1.29, 1.82) is 0 Å². The zero-order chi connectivity index (χ0) is 7.68. The molecule has 0 fully saturated rings. The molecule has 0 saturated carbocycles. The van der Waals surface area contributed by atoms with Gasteiger partial charge in [-0.1, -0.05) is 18.2 Å². The van der Waals surface area contributed by atoms with Gasteiger partial charge in [-0.2, -0.15) is 0 Å². The van der Waals surface area contributed by atoms with Crippen molar-refractivity contribution in [3.05, 3.63) is 42.5 Å². The van der Waals surface area contributed by atoms with E-state index in [-0.39, 0.29) is 0 Å². The molecule has 1 nitrogen and oxygen atoms in total. The lowest BCUT2D eigenvalue weighted by molar-refractivity contribution is 0.476. The normalized spacial score (nSPS) is 10.2. The Bertz CT molecular complexity index is 379. The second-order valence-electron chi connectivity index (χ2n) is 2.46. The van der Waals surface area contributed by atoms with Crippen LogP contribution in [-0.2, 0) is 0 Å². The van der Waals surface area contributed by atoms with Crippen LogP contribution in [0.25, 0.3) is 10.8 Å². The highest BCUT2D eigenvalue weighted by atomic mass is 16.3. The summed E-state index contributed by atoms with van der Waals surface area (Å²) in [5.41, 5.74) is 0. The van der Waals surface area contributed by atoms with Crippen molar-refractivity contribution in [2.75, 3.05) is 0 Å². The summed E-state index contributed by atoms with van der Waals surface area (Å²) in [6.45, 7) is 0. The topological polar surface area (TPSA) is 20.2 Å². The molecule has 0 heterocycles. The minimum atomic E-state index is 0.303. The van der Waals surface area contributed by atoms with Crippen molar-refractivity contribution in [3.63, 3.8) is 0 Å². The lowest BCUT2D eigenvalue weighted by Crippen LogP contribution is -1.70. The van der Waals surface area contributed by atoms with Gasteiger partial charge in [-0.25, -0.2) is 0 Å². The summed E-state index contributed by atoms with van der Waals surface area (Å²) in [7, 11) is 0. The maximum Gasteiger partial charge on any atom is 0.116 e. The summed E-state index contributed by atoms with van der Waals surface area (Å²) >= 11 is 0. The first-order valence-electron chi connectivity index (χ1n) is 3.45. The molecule has 0 unspecified atom stereocenters. The first-order valence-corrected chi connectivity index (χ1v) is 3.45. The largest absolute Gasteiger partial charge is 0.508 e. The van der Waals surface area contributed by atoms with E-state index in [2.05, 4.69) is 6.07 Å². The number of rotatable bonds is 0. The van der Waals surface area contributed by atoms with Gasteiger partial charge < -0.3 is 5.11 Å². The van der Waals surface area contributed by atoms with Gasteiger partial charge in [0.1, 0.15) is 5.75 Å². The molecule has 0 aliphatic carbocycles. The number of benzene rings is 2. The molecule has 2 aromatic carbocycles. The minimum Gasteiger partial charge on any atom is -0.508 e. The molecule has 0 spiro atoms. The Balaban J connectivity index is 2.83. The summed E-state index contributed by atoms with van der Waals surface area (Å²) in [6.07, 6.45) is 0. The van der Waals surface area contributed by atoms with Crippen LogP contribution in [0.15, 0.2) is 36.4 Å². The van der Waals surface area contributed by atoms with E-state index in [1.165, 1.54) is 0 Å². The van der Waals surface area contributed by atoms with E-state index in [1.54, 1.807) is 12.1 Å². The zero-order valence-electron chi connectivity index (χ0n) is 5.91. The van der Waals surface area contributed by atoms with Crippen molar-refractivity contribution in [2.45, 2.75) is 0 Å². The minimum absolute atomic E-state index is 0.303. The summed E-state index contributed by atoms with van der Waals surface area (Å²) in [5.74, 6) is 0.303. The molecular formula is C10H7O. The van der Waals surface area contributed by atoms with E-state index in [9.17, 15) is 0 Å². The second kappa shape index (κ2) is 2.27. The molecule has 0 atom stereocenters. The number of phenolic OH excluding ortho intramolecular Hbond substituents is 1. The van der Waals surface area contributed by atoms with Gasteiger partial charge in [-0.15, -0.1) is 0 Å². The van der Waals surface area contributed by atoms with Crippen molar-refractivity contribution < 1.29 is 5.11 Å². The molecule has 2 rings (SSSR count). The van der Waals surface area contributed by atoms with Crippen molar-refractivity contribution in [2.24, 2.45) is 0 Å². The highest BCUT2D eigenvalue weighted by Gasteiger charge is 1.91. The van der Waals surface area contributed by atoms with Gasteiger partial charge in [0, 0.05) is 0 Å². The Labute approximate surface area is 64.9 Å². The Kier molecular flexibility index (Phi) is 1.29. The van der Waals surface area contributed by atoms with E-state index < -0.39 is 0 Å². The summed E-state index contributed by atoms with van der Waals surface area (Å²) in [5, 5.41) is 11.3. The van der Waals surface area contributed by atoms with E-state index >= 15 is 0 Å². The van der Waals surface area contributed by atoms with Crippen LogP contribution in [-0.4, -0.2) is 5.11 Å². The lowest BCUT2D eigenvalue weighted by atomic mass is 10.1. The van der Waals surface area contributed by atoms with Crippen LogP contribution in [0.4, 0.5) is 0 Å². The molecule has 1 heteroatoms. The van der Waals surface area contributed by atoms with Gasteiger partial charge in [0.05, 0.1) is 0 Å². The monoisotopic (exact) mass is 143 g/mol. The first kappa shape index (κ1) is 6.23. The molecule has 0 amide bonds. The molecule has 11 heavy (non-hydrogen) atoms. The number of hydrogen-bond donors (Lipinski definition) is 1. The highest BCUT2D eigenvalue weighted by Crippen LogP contribution is 2.18. The third kappa shape index (κ3) is 1.05. The smallest absolute Gasteiger partial charge is 0.116 e. The van der Waals surface area contributed by atoms with Crippen LogP contribution in [0, 0.1) is 6.07 Å². The molecule has 0 aromatic heterocycles. The molecule has 0 saturated heterocycles. The number of phenols is 1. The predicted octanol–water partition coefficient (Wildman–Crippen LogP) is 2.35. The van der Waals surface area contributed by atoms with Gasteiger partial charge >= 0.3 is 0 Å². The van der Waals surface area contributed by atoms with E-state index in [1.807, 2.05) is 24.3 Å². The number of hydrogen-bond acceptors (Lipinski definition) is 1. The average Bonchev–Trinajstić information content (AvgIpc) is 2.04. The van der Waals surface area contributed by atoms with Crippen LogP contribution in [0.5, 0.6) is 5.75 Å². The van der Waals surface area contributed by atoms with Gasteiger partial charge in [-0.3, -0.25) is 0 Å². The SMILES string of the molecule is Oc1ccc2cc[c]cc2c1. The maximum absolute atomic E-state index is 9.12. The molecule has 1 N–H and O–H groups in total. The Morgan fingerprint density at radius 3 is 2.91 bits per heavy atom. The zero-order valence-corrected chi connectivity index (χ0v) is 5.91. The first-order chi connectivity index (χ1) is 5.36. The molecule has 0 bridgehead atoms. The van der Waals surface area contributed by atoms with Crippen LogP contribution in [0.1, 0.15) is 0 Å². The van der Waals surface area contributed by atoms with E-state index in [0.29, 0.717) is 5.75 Å². The van der Waals surface area contributed by atoms with Crippen molar-refractivity contribution in [1.82, 2.24) is 0 Å². The molecule has 0 aliphatic rings. The maximum atomic E-state index is 9.12. The number of aromatic hydroxyl groups is 1. The van der Waals surface area contributed by atoms with Gasteiger partial charge in [0.2, 0.25) is 0 Å². The molecule has 1 radical (unpaired) electrons. The summed E-state index contributed by atoms with van der Waals surface area (Å²) in [6, 6.07) is 13.9. The molecule has 2 aromatic rings. The second-order valence-corrected chi connectivity index (χ2v) is 2.46. The Hall–Kier alpha value is -1.50. The standard InChI is InChI=1S/C10H7O/c11-10-6-5-8-3-1-2-4-9(8)7-10/h1,3-7,11H. The third-order valence-electron chi connectivity index (χ3n) is 1.67. The molecule has 53 valence electrons. The van der Waals surface area contributed by atoms with Crippen LogP contribution in [0.2, 0.25) is 0 Å². The van der Waals surface area contributed by atoms with Crippen LogP contribution >= 0.6 is 0 Å². The number of fused-ring (bicyclic) bond motifs is 1. The van der Waals surface area contributed by atoms with Gasteiger partial charge in [0.25, 0.3) is 0 Å². The van der Waals surface area contributed by atoms with Crippen LogP contribution < -0.4 is 0 Å². The fourth-order valence-corrected chi connectivity index (χ4v) is 1.11. The van der Waals surface area contributed by atoms with Gasteiger partial charge in [0.15, 0.2) is 0 Å².